The zero-order valence-electron chi connectivity index (χ0n) is 13.5. The molecule has 2 aromatic rings. The Bertz CT molecular complexity index is 771. The number of nitrogens with zero attached hydrogens (tertiary/aromatic N) is 5. The molecule has 8 heteroatoms. The summed E-state index contributed by atoms with van der Waals surface area (Å²) in [7, 11) is 0. The van der Waals surface area contributed by atoms with E-state index in [1.807, 2.05) is 11.8 Å². The van der Waals surface area contributed by atoms with Gasteiger partial charge in [-0.3, -0.25) is 10.1 Å². The topological polar surface area (TPSA) is 98.2 Å². The maximum Gasteiger partial charge on any atom is 0.311 e. The van der Waals surface area contributed by atoms with Crippen molar-refractivity contribution in [2.24, 2.45) is 0 Å². The highest BCUT2D eigenvalue weighted by Crippen LogP contribution is 2.40. The average molecular weight is 329 g/mol. The molecule has 1 saturated heterocycles. The van der Waals surface area contributed by atoms with Crippen LogP contribution in [0.2, 0.25) is 0 Å². The molecule has 1 aliphatic heterocycles. The van der Waals surface area contributed by atoms with Crippen molar-refractivity contribution >= 4 is 11.5 Å². The van der Waals surface area contributed by atoms with Gasteiger partial charge in [0.25, 0.3) is 0 Å². The van der Waals surface area contributed by atoms with Crippen LogP contribution >= 0.6 is 0 Å². The lowest BCUT2D eigenvalue weighted by molar-refractivity contribution is -0.384. The molecule has 0 amide bonds. The smallest absolute Gasteiger partial charge is 0.311 e. The lowest BCUT2D eigenvalue weighted by Gasteiger charge is -2.31. The summed E-state index contributed by atoms with van der Waals surface area (Å²) < 4.78 is 5.36. The first kappa shape index (κ1) is 15.0. The summed E-state index contributed by atoms with van der Waals surface area (Å²) in [6.07, 6.45) is 4.13. The van der Waals surface area contributed by atoms with E-state index in [-0.39, 0.29) is 16.5 Å². The van der Waals surface area contributed by atoms with Crippen molar-refractivity contribution in [1.29, 1.82) is 0 Å². The van der Waals surface area contributed by atoms with Crippen LogP contribution in [0.5, 0.6) is 0 Å². The van der Waals surface area contributed by atoms with E-state index in [0.29, 0.717) is 18.3 Å². The van der Waals surface area contributed by atoms with Gasteiger partial charge in [0.15, 0.2) is 5.82 Å². The number of hydrogen-bond donors (Lipinski definition) is 0. The Morgan fingerprint density at radius 3 is 2.83 bits per heavy atom. The van der Waals surface area contributed by atoms with Crippen LogP contribution in [-0.4, -0.2) is 33.1 Å². The van der Waals surface area contributed by atoms with Gasteiger partial charge in [0.2, 0.25) is 11.7 Å². The van der Waals surface area contributed by atoms with E-state index in [0.717, 1.165) is 49.6 Å². The molecule has 0 unspecified atom stereocenters. The molecule has 24 heavy (non-hydrogen) atoms. The molecule has 1 aliphatic carbocycles. The fraction of sp³-hybridized carbons (Fsp3) is 0.562. The number of pyridine rings is 1. The largest absolute Gasteiger partial charge is 0.350 e. The van der Waals surface area contributed by atoms with Crippen molar-refractivity contribution in [2.45, 2.75) is 44.4 Å². The molecular weight excluding hydrogens is 310 g/mol. The van der Waals surface area contributed by atoms with Gasteiger partial charge < -0.3 is 9.42 Å². The molecular formula is C16H19N5O3. The Hall–Kier alpha value is -2.51. The maximum atomic E-state index is 11.3. The Kier molecular flexibility index (Phi) is 3.66. The first-order chi connectivity index (χ1) is 11.6. The van der Waals surface area contributed by atoms with Crippen molar-refractivity contribution in [1.82, 2.24) is 15.1 Å². The van der Waals surface area contributed by atoms with Crippen molar-refractivity contribution in [3.05, 3.63) is 39.7 Å². The molecule has 1 atom stereocenters. The number of rotatable bonds is 4. The lowest BCUT2D eigenvalue weighted by atomic mass is 9.97. The number of aromatic nitrogens is 3. The third-order valence-electron chi connectivity index (χ3n) is 4.66. The van der Waals surface area contributed by atoms with E-state index in [1.54, 1.807) is 6.07 Å². The zero-order chi connectivity index (χ0) is 16.7. The average Bonchev–Trinajstić information content (AvgIpc) is 3.31. The van der Waals surface area contributed by atoms with Crippen LogP contribution < -0.4 is 4.90 Å². The van der Waals surface area contributed by atoms with Crippen LogP contribution in [0.25, 0.3) is 0 Å². The van der Waals surface area contributed by atoms with Crippen molar-refractivity contribution < 1.29 is 9.45 Å². The van der Waals surface area contributed by atoms with Crippen LogP contribution in [0.4, 0.5) is 11.5 Å². The summed E-state index contributed by atoms with van der Waals surface area (Å²) in [5, 5.41) is 15.4. The SMILES string of the molecule is Cc1ccc([N+](=O)[O-])c(N2CCC[C@@H](c3noc(C4CC4)n3)C2)n1. The van der Waals surface area contributed by atoms with Crippen LogP contribution in [0, 0.1) is 17.0 Å². The summed E-state index contributed by atoms with van der Waals surface area (Å²) >= 11 is 0. The van der Waals surface area contributed by atoms with E-state index in [4.69, 9.17) is 4.52 Å². The fourth-order valence-electron chi connectivity index (χ4n) is 3.20. The monoisotopic (exact) mass is 329 g/mol. The number of piperidine rings is 1. The first-order valence-electron chi connectivity index (χ1n) is 8.32. The Morgan fingerprint density at radius 2 is 2.08 bits per heavy atom. The third-order valence-corrected chi connectivity index (χ3v) is 4.66. The van der Waals surface area contributed by atoms with Crippen LogP contribution in [-0.2, 0) is 0 Å². The molecule has 2 aromatic heterocycles. The molecule has 0 N–H and O–H groups in total. The molecule has 4 rings (SSSR count). The first-order valence-corrected chi connectivity index (χ1v) is 8.32. The van der Waals surface area contributed by atoms with Gasteiger partial charge in [-0.25, -0.2) is 4.98 Å². The van der Waals surface area contributed by atoms with Gasteiger partial charge in [0.05, 0.1) is 4.92 Å². The third kappa shape index (κ3) is 2.83. The maximum absolute atomic E-state index is 11.3. The number of aryl methyl sites for hydroxylation is 1. The second-order valence-electron chi connectivity index (χ2n) is 6.60. The van der Waals surface area contributed by atoms with E-state index in [9.17, 15) is 10.1 Å². The van der Waals surface area contributed by atoms with Crippen LogP contribution in [0.3, 0.4) is 0 Å². The minimum Gasteiger partial charge on any atom is -0.350 e. The summed E-state index contributed by atoms with van der Waals surface area (Å²) in [6.45, 7) is 3.22. The molecule has 1 saturated carbocycles. The Balaban J connectivity index is 1.58. The predicted molar refractivity (Wildman–Crippen MR) is 86.1 cm³/mol. The van der Waals surface area contributed by atoms with Crippen molar-refractivity contribution in [2.75, 3.05) is 18.0 Å². The highest BCUT2D eigenvalue weighted by Gasteiger charge is 2.33. The molecule has 0 bridgehead atoms. The van der Waals surface area contributed by atoms with E-state index in [1.165, 1.54) is 6.07 Å². The predicted octanol–water partition coefficient (Wildman–Crippen LogP) is 2.94. The summed E-state index contributed by atoms with van der Waals surface area (Å²) in [6, 6.07) is 3.20. The van der Waals surface area contributed by atoms with Gasteiger partial charge in [-0.15, -0.1) is 0 Å². The number of anilines is 1. The minimum absolute atomic E-state index is 0.0491. The molecule has 126 valence electrons. The highest BCUT2D eigenvalue weighted by molar-refractivity contribution is 5.58. The van der Waals surface area contributed by atoms with E-state index >= 15 is 0 Å². The number of nitro groups is 1. The van der Waals surface area contributed by atoms with Gasteiger partial charge in [0.1, 0.15) is 0 Å². The second kappa shape index (κ2) is 5.85. The van der Waals surface area contributed by atoms with Gasteiger partial charge in [-0.2, -0.15) is 4.98 Å². The summed E-state index contributed by atoms with van der Waals surface area (Å²) in [5.41, 5.74) is 0.821. The van der Waals surface area contributed by atoms with Crippen molar-refractivity contribution in [3.8, 4) is 0 Å². The van der Waals surface area contributed by atoms with Gasteiger partial charge >= 0.3 is 5.69 Å². The molecule has 8 nitrogen and oxygen atoms in total. The van der Waals surface area contributed by atoms with Crippen molar-refractivity contribution in [3.63, 3.8) is 0 Å². The van der Waals surface area contributed by atoms with E-state index < -0.39 is 0 Å². The fourth-order valence-corrected chi connectivity index (χ4v) is 3.20. The van der Waals surface area contributed by atoms with Gasteiger partial charge in [-0.1, -0.05) is 5.16 Å². The molecule has 2 aliphatic rings. The Morgan fingerprint density at radius 1 is 1.25 bits per heavy atom. The second-order valence-corrected chi connectivity index (χ2v) is 6.60. The standard InChI is InChI=1S/C16H19N5O3/c1-10-4-7-13(21(22)23)15(17-10)20-8-2-3-12(9-20)14-18-16(24-19-14)11-5-6-11/h4,7,11-12H,2-3,5-6,8-9H2,1H3/t12-/m1/s1. The van der Waals surface area contributed by atoms with Crippen LogP contribution in [0.1, 0.15) is 54.9 Å². The highest BCUT2D eigenvalue weighted by atomic mass is 16.6. The van der Waals surface area contributed by atoms with Gasteiger partial charge in [0, 0.05) is 36.7 Å². The lowest BCUT2D eigenvalue weighted by Crippen LogP contribution is -2.35. The Labute approximate surface area is 139 Å². The molecule has 0 aromatic carbocycles. The minimum atomic E-state index is -0.370. The molecule has 2 fully saturated rings. The molecule has 0 spiro atoms. The van der Waals surface area contributed by atoms with Gasteiger partial charge in [-0.05, 0) is 38.7 Å². The summed E-state index contributed by atoms with van der Waals surface area (Å²) in [5.74, 6) is 2.46. The van der Waals surface area contributed by atoms with Crippen LogP contribution in [0.15, 0.2) is 16.7 Å². The normalized spacial score (nSPS) is 21.0. The number of hydrogen-bond acceptors (Lipinski definition) is 7. The summed E-state index contributed by atoms with van der Waals surface area (Å²) in [4.78, 5) is 21.9. The quantitative estimate of drug-likeness (QED) is 0.628. The molecule has 0 radical (unpaired) electrons. The van der Waals surface area contributed by atoms with E-state index in [2.05, 4.69) is 15.1 Å². The zero-order valence-corrected chi connectivity index (χ0v) is 13.5. The molecule has 3 heterocycles.